The number of hydrogen-bond donors (Lipinski definition) is 0. The molecule has 0 spiro atoms. The van der Waals surface area contributed by atoms with Gasteiger partial charge in [0.1, 0.15) is 17.2 Å². The van der Waals surface area contributed by atoms with Crippen LogP contribution in [0, 0.1) is 5.82 Å². The van der Waals surface area contributed by atoms with Gasteiger partial charge >= 0.3 is 6.09 Å². The van der Waals surface area contributed by atoms with E-state index in [0.717, 1.165) is 11.8 Å². The number of aryl methyl sites for hydroxylation is 2. The summed E-state index contributed by atoms with van der Waals surface area (Å²) in [7, 11) is 0. The first-order valence-electron chi connectivity index (χ1n) is 7.70. The van der Waals surface area contributed by atoms with Crippen molar-refractivity contribution in [3.05, 3.63) is 52.4 Å². The number of rotatable bonds is 0. The SMILES string of the molecule is CC(C)(C)OC(=O)N1c2ccc(Cl)cc2CCc2cc(F)cnc21. The van der Waals surface area contributed by atoms with Crippen molar-refractivity contribution >= 4 is 29.2 Å². The third-order valence-corrected chi connectivity index (χ3v) is 3.88. The van der Waals surface area contributed by atoms with E-state index in [4.69, 9.17) is 16.3 Å². The predicted molar refractivity (Wildman–Crippen MR) is 91.4 cm³/mol. The number of amides is 1. The number of nitrogens with zero attached hydrogens (tertiary/aromatic N) is 2. The molecular weight excluding hydrogens is 331 g/mol. The molecule has 3 rings (SSSR count). The van der Waals surface area contributed by atoms with Crippen molar-refractivity contribution in [2.75, 3.05) is 4.90 Å². The standard InChI is InChI=1S/C18H18ClFN2O2/c1-18(2,3)24-17(23)22-15-7-6-13(19)8-11(15)4-5-12-9-14(20)10-21-16(12)22/h6-10H,4-5H2,1-3H3. The Morgan fingerprint density at radius 2 is 1.96 bits per heavy atom. The van der Waals surface area contributed by atoms with Crippen molar-refractivity contribution in [3.8, 4) is 0 Å². The number of hydrogen-bond acceptors (Lipinski definition) is 3. The molecule has 1 aliphatic heterocycles. The number of ether oxygens (including phenoxy) is 1. The van der Waals surface area contributed by atoms with E-state index < -0.39 is 17.5 Å². The molecule has 126 valence electrons. The van der Waals surface area contributed by atoms with E-state index in [1.807, 2.05) is 6.07 Å². The molecule has 0 radical (unpaired) electrons. The van der Waals surface area contributed by atoms with Crippen LogP contribution >= 0.6 is 11.6 Å². The Bertz CT molecular complexity index is 749. The molecule has 4 nitrogen and oxygen atoms in total. The Hall–Kier alpha value is -2.14. The minimum Gasteiger partial charge on any atom is -0.443 e. The van der Waals surface area contributed by atoms with E-state index in [2.05, 4.69) is 4.98 Å². The van der Waals surface area contributed by atoms with Gasteiger partial charge < -0.3 is 4.74 Å². The largest absolute Gasteiger partial charge is 0.443 e. The zero-order valence-corrected chi connectivity index (χ0v) is 14.5. The van der Waals surface area contributed by atoms with E-state index in [9.17, 15) is 9.18 Å². The highest BCUT2D eigenvalue weighted by Gasteiger charge is 2.31. The number of anilines is 2. The Kier molecular flexibility index (Phi) is 4.22. The van der Waals surface area contributed by atoms with Crippen LogP contribution in [0.3, 0.4) is 0 Å². The van der Waals surface area contributed by atoms with Gasteiger partial charge in [0.05, 0.1) is 11.9 Å². The second-order valence-electron chi connectivity index (χ2n) is 6.73. The number of fused-ring (bicyclic) bond motifs is 2. The maximum absolute atomic E-state index is 13.6. The number of benzene rings is 1. The lowest BCUT2D eigenvalue weighted by Gasteiger charge is -2.28. The van der Waals surface area contributed by atoms with Crippen LogP contribution < -0.4 is 4.90 Å². The molecule has 0 saturated heterocycles. The summed E-state index contributed by atoms with van der Waals surface area (Å²) >= 11 is 6.09. The first kappa shape index (κ1) is 16.7. The fraction of sp³-hybridized carbons (Fsp3) is 0.333. The molecule has 2 heterocycles. The van der Waals surface area contributed by atoms with Crippen LogP contribution in [0.15, 0.2) is 30.5 Å². The lowest BCUT2D eigenvalue weighted by Crippen LogP contribution is -2.34. The zero-order valence-electron chi connectivity index (χ0n) is 13.8. The molecule has 0 saturated carbocycles. The van der Waals surface area contributed by atoms with Crippen LogP contribution in [0.1, 0.15) is 31.9 Å². The number of halogens is 2. The summed E-state index contributed by atoms with van der Waals surface area (Å²) in [6.07, 6.45) is 1.75. The van der Waals surface area contributed by atoms with Crippen molar-refractivity contribution < 1.29 is 13.9 Å². The van der Waals surface area contributed by atoms with Gasteiger partial charge in [-0.25, -0.2) is 19.1 Å². The maximum Gasteiger partial charge on any atom is 0.420 e. The molecule has 0 fully saturated rings. The maximum atomic E-state index is 13.6. The molecule has 0 aliphatic carbocycles. The van der Waals surface area contributed by atoms with Crippen LogP contribution in [0.5, 0.6) is 0 Å². The molecule has 0 bridgehead atoms. The van der Waals surface area contributed by atoms with Gasteiger partial charge in [-0.15, -0.1) is 0 Å². The summed E-state index contributed by atoms with van der Waals surface area (Å²) in [5, 5.41) is 0.586. The quantitative estimate of drug-likeness (QED) is 0.669. The predicted octanol–water partition coefficient (Wildman–Crippen LogP) is 5.05. The molecule has 6 heteroatoms. The molecule has 0 atom stereocenters. The summed E-state index contributed by atoms with van der Waals surface area (Å²) < 4.78 is 19.1. The van der Waals surface area contributed by atoms with Gasteiger partial charge in [-0.05, 0) is 69.0 Å². The molecule has 0 N–H and O–H groups in total. The molecular formula is C18H18ClFN2O2. The molecule has 1 aromatic carbocycles. The van der Waals surface area contributed by atoms with Crippen molar-refractivity contribution in [1.29, 1.82) is 0 Å². The normalized spacial score (nSPS) is 13.8. The van der Waals surface area contributed by atoms with Crippen LogP contribution in [0.25, 0.3) is 0 Å². The molecule has 1 amide bonds. The number of aromatic nitrogens is 1. The highest BCUT2D eigenvalue weighted by Crippen LogP contribution is 2.37. The topological polar surface area (TPSA) is 42.4 Å². The first-order chi connectivity index (χ1) is 11.2. The monoisotopic (exact) mass is 348 g/mol. The summed E-state index contributed by atoms with van der Waals surface area (Å²) in [5.74, 6) is -0.0337. The summed E-state index contributed by atoms with van der Waals surface area (Å²) in [6, 6.07) is 6.71. The fourth-order valence-corrected chi connectivity index (χ4v) is 2.90. The molecule has 24 heavy (non-hydrogen) atoms. The minimum absolute atomic E-state index is 0.395. The third-order valence-electron chi connectivity index (χ3n) is 3.64. The van der Waals surface area contributed by atoms with Crippen molar-refractivity contribution in [2.24, 2.45) is 0 Å². The lowest BCUT2D eigenvalue weighted by atomic mass is 10.1. The highest BCUT2D eigenvalue weighted by molar-refractivity contribution is 6.30. The van der Waals surface area contributed by atoms with Crippen molar-refractivity contribution in [3.63, 3.8) is 0 Å². The van der Waals surface area contributed by atoms with Crippen LogP contribution in [0.4, 0.5) is 20.7 Å². The van der Waals surface area contributed by atoms with Gasteiger partial charge in [0.2, 0.25) is 0 Å². The van der Waals surface area contributed by atoms with Crippen molar-refractivity contribution in [2.45, 2.75) is 39.2 Å². The zero-order chi connectivity index (χ0) is 17.5. The Balaban J connectivity index is 2.15. The molecule has 1 aliphatic rings. The summed E-state index contributed by atoms with van der Waals surface area (Å²) in [6.45, 7) is 5.39. The smallest absolute Gasteiger partial charge is 0.420 e. The summed E-state index contributed by atoms with van der Waals surface area (Å²) in [4.78, 5) is 18.4. The minimum atomic E-state index is -0.657. The molecule has 2 aromatic rings. The van der Waals surface area contributed by atoms with Gasteiger partial charge in [0.15, 0.2) is 0 Å². The van der Waals surface area contributed by atoms with E-state index in [-0.39, 0.29) is 0 Å². The van der Waals surface area contributed by atoms with E-state index in [1.165, 1.54) is 11.0 Å². The van der Waals surface area contributed by atoms with Crippen LogP contribution in [-0.2, 0) is 17.6 Å². The highest BCUT2D eigenvalue weighted by atomic mass is 35.5. The first-order valence-corrected chi connectivity index (χ1v) is 8.08. The Labute approximate surface area is 145 Å². The summed E-state index contributed by atoms with van der Waals surface area (Å²) in [5.41, 5.74) is 1.56. The number of carbonyl (C=O) groups excluding carboxylic acids is 1. The number of pyridine rings is 1. The number of carbonyl (C=O) groups is 1. The fourth-order valence-electron chi connectivity index (χ4n) is 2.71. The van der Waals surface area contributed by atoms with E-state index in [0.29, 0.717) is 34.9 Å². The second-order valence-corrected chi connectivity index (χ2v) is 7.16. The van der Waals surface area contributed by atoms with Gasteiger partial charge in [0.25, 0.3) is 0 Å². The van der Waals surface area contributed by atoms with E-state index in [1.54, 1.807) is 32.9 Å². The van der Waals surface area contributed by atoms with Crippen molar-refractivity contribution in [1.82, 2.24) is 4.98 Å². The van der Waals surface area contributed by atoms with Gasteiger partial charge in [-0.2, -0.15) is 0 Å². The lowest BCUT2D eigenvalue weighted by molar-refractivity contribution is 0.0598. The van der Waals surface area contributed by atoms with E-state index >= 15 is 0 Å². The Morgan fingerprint density at radius 1 is 1.25 bits per heavy atom. The van der Waals surface area contributed by atoms with Crippen LogP contribution in [0.2, 0.25) is 5.02 Å². The van der Waals surface area contributed by atoms with Crippen LogP contribution in [-0.4, -0.2) is 16.7 Å². The van der Waals surface area contributed by atoms with Gasteiger partial charge in [0, 0.05) is 5.02 Å². The second kappa shape index (κ2) is 6.06. The Morgan fingerprint density at radius 3 is 2.67 bits per heavy atom. The molecule has 0 unspecified atom stereocenters. The average Bonchev–Trinajstić information content (AvgIpc) is 2.61. The molecule has 1 aromatic heterocycles. The van der Waals surface area contributed by atoms with Gasteiger partial charge in [-0.1, -0.05) is 11.6 Å². The van der Waals surface area contributed by atoms with Gasteiger partial charge in [-0.3, -0.25) is 0 Å². The third kappa shape index (κ3) is 3.36. The average molecular weight is 349 g/mol.